The van der Waals surface area contributed by atoms with Crippen molar-refractivity contribution in [3.05, 3.63) is 53.7 Å². The van der Waals surface area contributed by atoms with E-state index in [-0.39, 0.29) is 19.0 Å². The average Bonchev–Trinajstić information content (AvgIpc) is 3.36. The number of carbonyl (C=O) groups is 1. The topological polar surface area (TPSA) is 109 Å². The van der Waals surface area contributed by atoms with Crippen molar-refractivity contribution < 1.29 is 17.7 Å². The molecule has 0 atom stereocenters. The number of rotatable bonds is 8. The van der Waals surface area contributed by atoms with E-state index in [1.807, 2.05) is 17.5 Å². The monoisotopic (exact) mass is 421 g/mol. The molecule has 0 bridgehead atoms. The second-order valence-corrected chi connectivity index (χ2v) is 8.91. The molecule has 0 saturated carbocycles. The van der Waals surface area contributed by atoms with E-state index in [1.54, 1.807) is 30.3 Å². The van der Waals surface area contributed by atoms with E-state index in [0.717, 1.165) is 13.5 Å². The van der Waals surface area contributed by atoms with Crippen LogP contribution in [0.4, 0.5) is 5.69 Å². The number of hydrogen-bond donors (Lipinski definition) is 1. The van der Waals surface area contributed by atoms with Crippen LogP contribution in [0.2, 0.25) is 0 Å². The summed E-state index contributed by atoms with van der Waals surface area (Å²) >= 11 is 1.47. The Morgan fingerprint density at radius 3 is 2.57 bits per heavy atom. The standard InChI is InChI=1S/C17H19N5O4S2/c1-21(2)28(24,25)22(13-7-4-3-5-8-13)12-15(23)18-11-16-19-17(20-26-16)14-9-6-10-27-14/h3-10H,11-12H2,1-2H3,(H,18,23). The van der Waals surface area contributed by atoms with Crippen molar-refractivity contribution in [3.63, 3.8) is 0 Å². The fourth-order valence-corrected chi connectivity index (χ4v) is 4.00. The van der Waals surface area contributed by atoms with Crippen LogP contribution in [0.5, 0.6) is 0 Å². The Hall–Kier alpha value is -2.76. The lowest BCUT2D eigenvalue weighted by molar-refractivity contribution is -0.119. The minimum absolute atomic E-state index is 0.00184. The van der Waals surface area contributed by atoms with E-state index in [4.69, 9.17) is 4.52 Å². The number of thiophene rings is 1. The molecule has 1 N–H and O–H groups in total. The van der Waals surface area contributed by atoms with Gasteiger partial charge in [0, 0.05) is 14.1 Å². The Bertz CT molecular complexity index is 1020. The van der Waals surface area contributed by atoms with Gasteiger partial charge in [0.05, 0.1) is 17.1 Å². The van der Waals surface area contributed by atoms with Gasteiger partial charge in [0.15, 0.2) is 0 Å². The number of para-hydroxylation sites is 1. The van der Waals surface area contributed by atoms with Crippen molar-refractivity contribution in [2.75, 3.05) is 24.9 Å². The Balaban J connectivity index is 1.67. The van der Waals surface area contributed by atoms with E-state index < -0.39 is 16.1 Å². The van der Waals surface area contributed by atoms with E-state index >= 15 is 0 Å². The highest BCUT2D eigenvalue weighted by molar-refractivity contribution is 7.90. The second-order valence-electron chi connectivity index (χ2n) is 5.90. The van der Waals surface area contributed by atoms with E-state index in [1.165, 1.54) is 25.4 Å². The zero-order valence-corrected chi connectivity index (χ0v) is 16.9. The van der Waals surface area contributed by atoms with Gasteiger partial charge in [0.2, 0.25) is 17.6 Å². The maximum atomic E-state index is 12.6. The molecule has 0 saturated heterocycles. The first-order chi connectivity index (χ1) is 13.4. The number of aromatic nitrogens is 2. The number of amides is 1. The summed E-state index contributed by atoms with van der Waals surface area (Å²) in [7, 11) is -1.02. The van der Waals surface area contributed by atoms with Crippen molar-refractivity contribution in [2.24, 2.45) is 0 Å². The van der Waals surface area contributed by atoms with Crippen LogP contribution in [0.1, 0.15) is 5.89 Å². The van der Waals surface area contributed by atoms with Crippen LogP contribution < -0.4 is 9.62 Å². The van der Waals surface area contributed by atoms with Crippen LogP contribution in [-0.4, -0.2) is 49.4 Å². The van der Waals surface area contributed by atoms with E-state index in [9.17, 15) is 13.2 Å². The van der Waals surface area contributed by atoms with Crippen LogP contribution in [0.15, 0.2) is 52.4 Å². The summed E-state index contributed by atoms with van der Waals surface area (Å²) < 4.78 is 32.4. The molecule has 0 aliphatic rings. The Labute approximate surface area is 166 Å². The van der Waals surface area contributed by atoms with Crippen LogP contribution in [0, 0.1) is 0 Å². The molecule has 1 amide bonds. The molecule has 2 heterocycles. The van der Waals surface area contributed by atoms with Gasteiger partial charge < -0.3 is 9.84 Å². The molecule has 0 aliphatic carbocycles. The van der Waals surface area contributed by atoms with Gasteiger partial charge >= 0.3 is 10.2 Å². The Morgan fingerprint density at radius 2 is 1.93 bits per heavy atom. The minimum atomic E-state index is -3.84. The number of carbonyl (C=O) groups excluding carboxylic acids is 1. The summed E-state index contributed by atoms with van der Waals surface area (Å²) in [6, 6.07) is 12.2. The van der Waals surface area contributed by atoms with E-state index in [0.29, 0.717) is 11.5 Å². The Morgan fingerprint density at radius 1 is 1.18 bits per heavy atom. The summed E-state index contributed by atoms with van der Waals surface area (Å²) in [6.07, 6.45) is 0. The number of hydrogen-bond acceptors (Lipinski definition) is 7. The van der Waals surface area contributed by atoms with Crippen molar-refractivity contribution in [1.29, 1.82) is 0 Å². The fourth-order valence-electron chi connectivity index (χ4n) is 2.29. The van der Waals surface area contributed by atoms with Crippen LogP contribution in [0.3, 0.4) is 0 Å². The van der Waals surface area contributed by atoms with Gasteiger partial charge in [-0.05, 0) is 23.6 Å². The molecule has 2 aromatic heterocycles. The molecule has 0 spiro atoms. The lowest BCUT2D eigenvalue weighted by atomic mass is 10.3. The molecule has 0 unspecified atom stereocenters. The predicted octanol–water partition coefficient (Wildman–Crippen LogP) is 1.73. The molecule has 0 fully saturated rings. The molecule has 9 nitrogen and oxygen atoms in total. The van der Waals surface area contributed by atoms with Crippen molar-refractivity contribution in [3.8, 4) is 10.7 Å². The lowest BCUT2D eigenvalue weighted by Gasteiger charge is -2.26. The highest BCUT2D eigenvalue weighted by atomic mass is 32.2. The van der Waals surface area contributed by atoms with E-state index in [2.05, 4.69) is 15.5 Å². The number of nitrogens with one attached hydrogen (secondary N) is 1. The molecular formula is C17H19N5O4S2. The van der Waals surface area contributed by atoms with Gasteiger partial charge in [-0.2, -0.15) is 17.7 Å². The largest absolute Gasteiger partial charge is 0.345 e. The average molecular weight is 422 g/mol. The minimum Gasteiger partial charge on any atom is -0.345 e. The van der Waals surface area contributed by atoms with Gasteiger partial charge in [-0.3, -0.25) is 4.79 Å². The molecule has 3 aromatic rings. The van der Waals surface area contributed by atoms with Gasteiger partial charge in [-0.15, -0.1) is 11.3 Å². The SMILES string of the molecule is CN(C)S(=O)(=O)N(CC(=O)NCc1nc(-c2cccs2)no1)c1ccccc1. The van der Waals surface area contributed by atoms with Crippen molar-refractivity contribution >= 4 is 33.1 Å². The maximum absolute atomic E-state index is 12.6. The first kappa shape index (κ1) is 20.0. The quantitative estimate of drug-likeness (QED) is 0.593. The number of benzene rings is 1. The zero-order chi connectivity index (χ0) is 20.1. The molecular weight excluding hydrogens is 402 g/mol. The molecule has 3 rings (SSSR count). The normalized spacial score (nSPS) is 11.5. The first-order valence-electron chi connectivity index (χ1n) is 8.26. The van der Waals surface area contributed by atoms with Crippen LogP contribution in [0.25, 0.3) is 10.7 Å². The van der Waals surface area contributed by atoms with Crippen LogP contribution in [-0.2, 0) is 21.5 Å². The third-order valence-corrected chi connectivity index (χ3v) is 6.40. The van der Waals surface area contributed by atoms with Gasteiger partial charge in [0.25, 0.3) is 0 Å². The molecule has 11 heteroatoms. The van der Waals surface area contributed by atoms with Crippen LogP contribution >= 0.6 is 11.3 Å². The summed E-state index contributed by atoms with van der Waals surface area (Å²) in [5.41, 5.74) is 0.393. The Kier molecular flexibility index (Phi) is 6.07. The highest BCUT2D eigenvalue weighted by Gasteiger charge is 2.27. The zero-order valence-electron chi connectivity index (χ0n) is 15.3. The third-order valence-electron chi connectivity index (χ3n) is 3.72. The number of anilines is 1. The van der Waals surface area contributed by atoms with Gasteiger partial charge in [0.1, 0.15) is 6.54 Å². The van der Waals surface area contributed by atoms with Gasteiger partial charge in [-0.25, -0.2) is 4.31 Å². The smallest absolute Gasteiger partial charge is 0.304 e. The van der Waals surface area contributed by atoms with Gasteiger partial charge in [-0.1, -0.05) is 29.4 Å². The molecule has 148 valence electrons. The molecule has 28 heavy (non-hydrogen) atoms. The molecule has 1 aromatic carbocycles. The van der Waals surface area contributed by atoms with Crippen molar-refractivity contribution in [2.45, 2.75) is 6.54 Å². The summed E-state index contributed by atoms with van der Waals surface area (Å²) in [4.78, 5) is 17.5. The summed E-state index contributed by atoms with van der Waals surface area (Å²) in [6.45, 7) is -0.377. The lowest BCUT2D eigenvalue weighted by Crippen LogP contribution is -2.45. The second kappa shape index (κ2) is 8.50. The maximum Gasteiger partial charge on any atom is 0.304 e. The molecule has 0 aliphatic heterocycles. The third kappa shape index (κ3) is 4.55. The number of nitrogens with zero attached hydrogens (tertiary/aromatic N) is 4. The highest BCUT2D eigenvalue weighted by Crippen LogP contribution is 2.21. The molecule has 0 radical (unpaired) electrons. The predicted molar refractivity (Wildman–Crippen MR) is 106 cm³/mol. The van der Waals surface area contributed by atoms with Crippen molar-refractivity contribution in [1.82, 2.24) is 19.8 Å². The first-order valence-corrected chi connectivity index (χ1v) is 10.5. The summed E-state index contributed by atoms with van der Waals surface area (Å²) in [5.74, 6) is 0.184. The summed E-state index contributed by atoms with van der Waals surface area (Å²) in [5, 5.41) is 8.38. The fraction of sp³-hybridized carbons (Fsp3) is 0.235.